The van der Waals surface area contributed by atoms with Gasteiger partial charge in [-0.15, -0.1) is 5.10 Å². The van der Waals surface area contributed by atoms with Crippen molar-refractivity contribution in [3.63, 3.8) is 0 Å². The number of esters is 1. The first-order valence-electron chi connectivity index (χ1n) is 17.1. The molecule has 9 heteroatoms. The third-order valence-electron chi connectivity index (χ3n) is 9.01. The second-order valence-corrected chi connectivity index (χ2v) is 12.5. The molecule has 5 aromatic carbocycles. The lowest BCUT2D eigenvalue weighted by Gasteiger charge is -2.36. The van der Waals surface area contributed by atoms with E-state index in [9.17, 15) is 4.79 Å². The molecule has 7 rings (SSSR count). The van der Waals surface area contributed by atoms with E-state index >= 15 is 0 Å². The average molecular weight is 674 g/mol. The molecule has 0 aliphatic rings. The third kappa shape index (κ3) is 6.41. The van der Waals surface area contributed by atoms with Gasteiger partial charge >= 0.3 is 5.97 Å². The van der Waals surface area contributed by atoms with Crippen LogP contribution in [0, 0.1) is 0 Å². The minimum Gasteiger partial charge on any atom is -0.462 e. The Morgan fingerprint density at radius 1 is 0.745 bits per heavy atom. The van der Waals surface area contributed by atoms with Crippen LogP contribution in [0.4, 0.5) is 5.82 Å². The first-order chi connectivity index (χ1) is 25.0. The summed E-state index contributed by atoms with van der Waals surface area (Å²) >= 11 is 0. The van der Waals surface area contributed by atoms with Crippen molar-refractivity contribution in [1.29, 1.82) is 0 Å². The highest BCUT2D eigenvalue weighted by Crippen LogP contribution is 2.43. The lowest BCUT2D eigenvalue weighted by molar-refractivity contribution is 0.0527. The van der Waals surface area contributed by atoms with Crippen LogP contribution in [-0.4, -0.2) is 42.6 Å². The van der Waals surface area contributed by atoms with Crippen LogP contribution in [-0.2, 0) is 16.8 Å². The van der Waals surface area contributed by atoms with Gasteiger partial charge in [-0.2, -0.15) is 5.10 Å². The lowest BCUT2D eigenvalue weighted by atomic mass is 9.77. The van der Waals surface area contributed by atoms with Crippen LogP contribution < -0.4 is 5.32 Å². The Morgan fingerprint density at radius 2 is 1.29 bits per heavy atom. The molecule has 9 nitrogen and oxygen atoms in total. The van der Waals surface area contributed by atoms with Crippen LogP contribution in [0.3, 0.4) is 0 Å². The van der Waals surface area contributed by atoms with E-state index in [1.165, 1.54) is 0 Å². The minimum absolute atomic E-state index is 0.104. The number of aromatic nitrogens is 6. The average Bonchev–Trinajstić information content (AvgIpc) is 3.85. The van der Waals surface area contributed by atoms with Crippen molar-refractivity contribution < 1.29 is 9.53 Å². The number of carbonyl (C=O) groups is 1. The van der Waals surface area contributed by atoms with Crippen LogP contribution in [0.2, 0.25) is 0 Å². The number of rotatable bonds is 12. The predicted molar refractivity (Wildman–Crippen MR) is 199 cm³/mol. The monoisotopic (exact) mass is 673 g/mol. The van der Waals surface area contributed by atoms with Gasteiger partial charge in [0, 0.05) is 24.3 Å². The molecule has 0 saturated heterocycles. The number of tetrazole rings is 1. The van der Waals surface area contributed by atoms with Crippen LogP contribution in [0.15, 0.2) is 146 Å². The van der Waals surface area contributed by atoms with Gasteiger partial charge in [0.05, 0.1) is 6.61 Å². The number of hydrogen-bond acceptors (Lipinski definition) is 7. The number of hydrogen-bond donors (Lipinski definition) is 1. The summed E-state index contributed by atoms with van der Waals surface area (Å²) in [4.78, 5) is 12.6. The Kier molecular flexibility index (Phi) is 9.52. The van der Waals surface area contributed by atoms with Crippen LogP contribution in [0.5, 0.6) is 0 Å². The summed E-state index contributed by atoms with van der Waals surface area (Å²) in [7, 11) is 0. The van der Waals surface area contributed by atoms with Gasteiger partial charge in [0.1, 0.15) is 11.1 Å². The van der Waals surface area contributed by atoms with Gasteiger partial charge in [0.2, 0.25) is 0 Å². The quantitative estimate of drug-likeness (QED) is 0.103. The van der Waals surface area contributed by atoms with E-state index in [2.05, 4.69) is 125 Å². The van der Waals surface area contributed by atoms with Crippen LogP contribution in [0.1, 0.15) is 59.4 Å². The summed E-state index contributed by atoms with van der Waals surface area (Å²) in [6.07, 6.45) is 1.74. The second kappa shape index (κ2) is 14.6. The number of carbonyl (C=O) groups excluding carboxylic acids is 1. The SMILES string of the molecule is CCOC(=O)c1cn(C(C)C)nc1NCc1ccc(-c2ccccc2-c2nnnn2C(c2ccccc2)(c2ccccc2)c2ccccc2)cc1. The first-order valence-corrected chi connectivity index (χ1v) is 17.1. The standard InChI is InChI=1S/C42H39N7O2/c1-4-51-41(50)38-29-48(30(2)3)45-39(38)43-28-31-24-26-32(27-25-31)36-22-14-15-23-37(36)40-44-46-47-49(40)42(33-16-8-5-9-17-33,34-18-10-6-11-19-34)35-20-12-7-13-21-35/h5-27,29-30H,4,28H2,1-3H3,(H,43,45). The van der Waals surface area contributed by atoms with E-state index in [0.29, 0.717) is 30.4 Å². The van der Waals surface area contributed by atoms with Gasteiger partial charge in [-0.25, -0.2) is 9.48 Å². The molecule has 254 valence electrons. The number of nitrogens with one attached hydrogen (secondary N) is 1. The van der Waals surface area contributed by atoms with Crippen molar-refractivity contribution >= 4 is 11.8 Å². The van der Waals surface area contributed by atoms with Gasteiger partial charge < -0.3 is 10.1 Å². The van der Waals surface area contributed by atoms with E-state index < -0.39 is 11.5 Å². The van der Waals surface area contributed by atoms with Crippen molar-refractivity contribution in [2.24, 2.45) is 0 Å². The molecule has 0 aliphatic heterocycles. The highest BCUT2D eigenvalue weighted by Gasteiger charge is 2.42. The molecule has 0 atom stereocenters. The third-order valence-corrected chi connectivity index (χ3v) is 9.01. The predicted octanol–water partition coefficient (Wildman–Crippen LogP) is 8.41. The fourth-order valence-corrected chi connectivity index (χ4v) is 6.55. The van der Waals surface area contributed by atoms with E-state index in [1.807, 2.05) is 48.9 Å². The van der Waals surface area contributed by atoms with E-state index in [-0.39, 0.29) is 6.04 Å². The van der Waals surface area contributed by atoms with Crippen LogP contribution in [0.25, 0.3) is 22.5 Å². The van der Waals surface area contributed by atoms with Crippen molar-refractivity contribution in [2.45, 2.75) is 38.9 Å². The number of benzene rings is 5. The molecular weight excluding hydrogens is 635 g/mol. The zero-order valence-electron chi connectivity index (χ0n) is 28.8. The Bertz CT molecular complexity index is 2110. The van der Waals surface area contributed by atoms with Gasteiger partial charge in [-0.05, 0) is 64.6 Å². The van der Waals surface area contributed by atoms with Crippen molar-refractivity contribution in [2.75, 3.05) is 11.9 Å². The van der Waals surface area contributed by atoms with Gasteiger partial charge in [0.15, 0.2) is 11.6 Å². The summed E-state index contributed by atoms with van der Waals surface area (Å²) in [5.74, 6) is 0.749. The molecule has 0 fully saturated rings. The Balaban J connectivity index is 1.27. The molecule has 0 spiro atoms. The molecule has 7 aromatic rings. The van der Waals surface area contributed by atoms with Crippen molar-refractivity contribution in [3.05, 3.63) is 174 Å². The zero-order chi connectivity index (χ0) is 35.2. The molecular formula is C42H39N7O2. The molecule has 0 amide bonds. The fourth-order valence-electron chi connectivity index (χ4n) is 6.55. The molecule has 0 bridgehead atoms. The number of nitrogens with zero attached hydrogens (tertiary/aromatic N) is 6. The molecule has 2 heterocycles. The zero-order valence-corrected chi connectivity index (χ0v) is 28.8. The highest BCUT2D eigenvalue weighted by atomic mass is 16.5. The van der Waals surface area contributed by atoms with Gasteiger partial charge in [0.25, 0.3) is 0 Å². The molecule has 0 radical (unpaired) electrons. The minimum atomic E-state index is -0.865. The maximum atomic E-state index is 12.6. The topological polar surface area (TPSA) is 99.8 Å². The van der Waals surface area contributed by atoms with Gasteiger partial charge in [-0.1, -0.05) is 140 Å². The highest BCUT2D eigenvalue weighted by molar-refractivity contribution is 5.94. The van der Waals surface area contributed by atoms with E-state index in [1.54, 1.807) is 17.8 Å². The first kappa shape index (κ1) is 33.2. The Morgan fingerprint density at radius 3 is 1.84 bits per heavy atom. The fraction of sp³-hybridized carbons (Fsp3) is 0.167. The smallest absolute Gasteiger partial charge is 0.343 e. The maximum absolute atomic E-state index is 12.6. The Hall–Kier alpha value is -6.35. The molecule has 0 saturated carbocycles. The van der Waals surface area contributed by atoms with Crippen molar-refractivity contribution in [3.8, 4) is 22.5 Å². The van der Waals surface area contributed by atoms with Crippen LogP contribution >= 0.6 is 0 Å². The van der Waals surface area contributed by atoms with E-state index in [0.717, 1.165) is 38.9 Å². The van der Waals surface area contributed by atoms with Crippen molar-refractivity contribution in [1.82, 2.24) is 30.0 Å². The molecule has 0 aliphatic carbocycles. The largest absolute Gasteiger partial charge is 0.462 e. The summed E-state index contributed by atoms with van der Waals surface area (Å²) in [5, 5.41) is 21.7. The summed E-state index contributed by atoms with van der Waals surface area (Å²) in [6.45, 7) is 6.61. The summed E-state index contributed by atoms with van der Waals surface area (Å²) in [6, 6.07) is 47.9. The maximum Gasteiger partial charge on any atom is 0.343 e. The number of ether oxygens (including phenoxy) is 1. The normalized spacial score (nSPS) is 11.5. The summed E-state index contributed by atoms with van der Waals surface area (Å²) in [5.41, 5.74) is 6.62. The van der Waals surface area contributed by atoms with E-state index in [4.69, 9.17) is 15.0 Å². The lowest BCUT2D eigenvalue weighted by Crippen LogP contribution is -2.39. The molecule has 2 aromatic heterocycles. The molecule has 1 N–H and O–H groups in total. The number of anilines is 1. The summed E-state index contributed by atoms with van der Waals surface area (Å²) < 4.78 is 9.00. The molecule has 0 unspecified atom stereocenters. The second-order valence-electron chi connectivity index (χ2n) is 12.5. The van der Waals surface area contributed by atoms with Gasteiger partial charge in [-0.3, -0.25) is 4.68 Å². The molecule has 51 heavy (non-hydrogen) atoms. The Labute approximate surface area is 297 Å².